The van der Waals surface area contributed by atoms with Gasteiger partial charge in [0.2, 0.25) is 5.56 Å². The molecule has 0 atom stereocenters. The standard InChI is InChI=1S/C22H28N6O3/c1-2-31-12-11-28-18-13-17(16-5-6-19(29)24-14-16)15-25-20(18)26-21(22(28)30)23-7-10-27-8-3-4-9-27/h5-6,13-15H,2-4,7-12H2,1H3,(H,24,29)(H,23,25,26). The molecule has 1 aliphatic rings. The normalized spacial score (nSPS) is 14.4. The summed E-state index contributed by atoms with van der Waals surface area (Å²) < 4.78 is 7.16. The Bertz CT molecular complexity index is 1130. The van der Waals surface area contributed by atoms with Gasteiger partial charge in [0.15, 0.2) is 11.5 Å². The van der Waals surface area contributed by atoms with Crippen molar-refractivity contribution in [2.45, 2.75) is 26.3 Å². The number of ether oxygens (including phenoxy) is 1. The van der Waals surface area contributed by atoms with Crippen LogP contribution in [0.3, 0.4) is 0 Å². The highest BCUT2D eigenvalue weighted by Gasteiger charge is 2.15. The number of hydrogen-bond donors (Lipinski definition) is 2. The maximum Gasteiger partial charge on any atom is 0.293 e. The molecule has 4 rings (SSSR count). The van der Waals surface area contributed by atoms with Crippen molar-refractivity contribution in [3.63, 3.8) is 0 Å². The second-order valence-corrected chi connectivity index (χ2v) is 7.60. The van der Waals surface area contributed by atoms with E-state index in [4.69, 9.17) is 4.74 Å². The first-order valence-corrected chi connectivity index (χ1v) is 10.8. The van der Waals surface area contributed by atoms with Gasteiger partial charge < -0.3 is 19.9 Å². The molecule has 3 aromatic heterocycles. The van der Waals surface area contributed by atoms with Gasteiger partial charge in [0.05, 0.1) is 12.1 Å². The molecule has 0 aliphatic carbocycles. The first-order chi connectivity index (χ1) is 15.2. The van der Waals surface area contributed by atoms with Crippen LogP contribution in [-0.2, 0) is 11.3 Å². The van der Waals surface area contributed by atoms with E-state index in [2.05, 4.69) is 25.2 Å². The Morgan fingerprint density at radius 2 is 2.00 bits per heavy atom. The maximum absolute atomic E-state index is 13.2. The molecule has 9 heteroatoms. The SMILES string of the molecule is CCOCCn1c(=O)c(NCCN2CCCC2)nc2ncc(-c3ccc(=O)[nH]c3)cc21. The van der Waals surface area contributed by atoms with Crippen LogP contribution in [0.4, 0.5) is 5.82 Å². The molecule has 3 aromatic rings. The van der Waals surface area contributed by atoms with Gasteiger partial charge in [-0.3, -0.25) is 14.2 Å². The van der Waals surface area contributed by atoms with Crippen molar-refractivity contribution in [2.75, 3.05) is 44.7 Å². The summed E-state index contributed by atoms with van der Waals surface area (Å²) in [7, 11) is 0. The molecular formula is C22H28N6O3. The van der Waals surface area contributed by atoms with Crippen molar-refractivity contribution in [1.82, 2.24) is 24.4 Å². The van der Waals surface area contributed by atoms with Gasteiger partial charge >= 0.3 is 0 Å². The van der Waals surface area contributed by atoms with E-state index in [1.165, 1.54) is 18.9 Å². The number of anilines is 1. The summed E-state index contributed by atoms with van der Waals surface area (Å²) in [4.78, 5) is 38.6. The van der Waals surface area contributed by atoms with Gasteiger partial charge in [0.25, 0.3) is 5.56 Å². The summed E-state index contributed by atoms with van der Waals surface area (Å²) in [6.07, 6.45) is 5.81. The Labute approximate surface area is 180 Å². The molecule has 0 radical (unpaired) electrons. The molecule has 164 valence electrons. The number of aromatic amines is 1. The number of likely N-dealkylation sites (tertiary alicyclic amines) is 1. The van der Waals surface area contributed by atoms with Crippen molar-refractivity contribution >= 4 is 17.0 Å². The van der Waals surface area contributed by atoms with Gasteiger partial charge in [0, 0.05) is 50.3 Å². The molecule has 2 N–H and O–H groups in total. The summed E-state index contributed by atoms with van der Waals surface area (Å²) in [6, 6.07) is 5.07. The number of nitrogens with zero attached hydrogens (tertiary/aromatic N) is 4. The molecule has 0 aromatic carbocycles. The minimum Gasteiger partial charge on any atom is -0.380 e. The Balaban J connectivity index is 1.66. The number of aromatic nitrogens is 4. The lowest BCUT2D eigenvalue weighted by molar-refractivity contribution is 0.139. The molecule has 0 spiro atoms. The van der Waals surface area contributed by atoms with Crippen LogP contribution in [0.15, 0.2) is 40.2 Å². The molecular weight excluding hydrogens is 396 g/mol. The van der Waals surface area contributed by atoms with Crippen molar-refractivity contribution in [3.8, 4) is 11.1 Å². The van der Waals surface area contributed by atoms with Crippen LogP contribution in [0.1, 0.15) is 19.8 Å². The lowest BCUT2D eigenvalue weighted by atomic mass is 10.1. The number of pyridine rings is 2. The molecule has 31 heavy (non-hydrogen) atoms. The minimum atomic E-state index is -0.186. The number of rotatable bonds is 9. The molecule has 0 amide bonds. The van der Waals surface area contributed by atoms with Crippen LogP contribution >= 0.6 is 0 Å². The fourth-order valence-electron chi connectivity index (χ4n) is 3.85. The third-order valence-corrected chi connectivity index (χ3v) is 5.50. The predicted octanol–water partition coefficient (Wildman–Crippen LogP) is 1.69. The van der Waals surface area contributed by atoms with E-state index in [1.807, 2.05) is 13.0 Å². The van der Waals surface area contributed by atoms with Crippen molar-refractivity contribution < 1.29 is 4.74 Å². The third-order valence-electron chi connectivity index (χ3n) is 5.50. The van der Waals surface area contributed by atoms with E-state index in [0.29, 0.717) is 43.3 Å². The fourth-order valence-corrected chi connectivity index (χ4v) is 3.85. The topological polar surface area (TPSA) is 105 Å². The van der Waals surface area contributed by atoms with E-state index in [9.17, 15) is 9.59 Å². The first-order valence-electron chi connectivity index (χ1n) is 10.8. The monoisotopic (exact) mass is 424 g/mol. The lowest BCUT2D eigenvalue weighted by Crippen LogP contribution is -2.31. The lowest BCUT2D eigenvalue weighted by Gasteiger charge is -2.16. The molecule has 0 saturated carbocycles. The van der Waals surface area contributed by atoms with Crippen LogP contribution in [-0.4, -0.2) is 63.8 Å². The first kappa shape index (κ1) is 21.2. The van der Waals surface area contributed by atoms with Crippen LogP contribution in [0.25, 0.3) is 22.3 Å². The Hall–Kier alpha value is -3.04. The molecule has 1 fully saturated rings. The summed E-state index contributed by atoms with van der Waals surface area (Å²) in [6.45, 7) is 7.11. The van der Waals surface area contributed by atoms with Gasteiger partial charge in [0.1, 0.15) is 0 Å². The summed E-state index contributed by atoms with van der Waals surface area (Å²) in [5, 5.41) is 3.21. The highest BCUT2D eigenvalue weighted by Crippen LogP contribution is 2.21. The fraction of sp³-hybridized carbons (Fsp3) is 0.455. The third kappa shape index (κ3) is 5.00. The number of fused-ring (bicyclic) bond motifs is 1. The number of nitrogens with one attached hydrogen (secondary N) is 2. The van der Waals surface area contributed by atoms with E-state index in [-0.39, 0.29) is 11.1 Å². The second-order valence-electron chi connectivity index (χ2n) is 7.60. The van der Waals surface area contributed by atoms with E-state index in [0.717, 1.165) is 30.8 Å². The van der Waals surface area contributed by atoms with Crippen LogP contribution in [0, 0.1) is 0 Å². The van der Waals surface area contributed by atoms with Crippen molar-refractivity contribution in [3.05, 3.63) is 51.3 Å². The van der Waals surface area contributed by atoms with E-state index < -0.39 is 0 Å². The average Bonchev–Trinajstić information content (AvgIpc) is 3.30. The largest absolute Gasteiger partial charge is 0.380 e. The van der Waals surface area contributed by atoms with Gasteiger partial charge in [-0.15, -0.1) is 0 Å². The van der Waals surface area contributed by atoms with Crippen molar-refractivity contribution in [1.29, 1.82) is 0 Å². The molecule has 0 unspecified atom stereocenters. The summed E-state index contributed by atoms with van der Waals surface area (Å²) >= 11 is 0. The minimum absolute atomic E-state index is 0.169. The zero-order valence-corrected chi connectivity index (χ0v) is 17.8. The Morgan fingerprint density at radius 3 is 2.74 bits per heavy atom. The van der Waals surface area contributed by atoms with Gasteiger partial charge in [-0.2, -0.15) is 0 Å². The molecule has 9 nitrogen and oxygen atoms in total. The number of hydrogen-bond acceptors (Lipinski definition) is 7. The van der Waals surface area contributed by atoms with Crippen LogP contribution in [0.2, 0.25) is 0 Å². The van der Waals surface area contributed by atoms with Gasteiger partial charge in [-0.05, 0) is 50.6 Å². The van der Waals surface area contributed by atoms with E-state index in [1.54, 1.807) is 23.0 Å². The molecule has 4 heterocycles. The van der Waals surface area contributed by atoms with Gasteiger partial charge in [-0.25, -0.2) is 9.97 Å². The predicted molar refractivity (Wildman–Crippen MR) is 121 cm³/mol. The summed E-state index contributed by atoms with van der Waals surface area (Å²) in [5.74, 6) is 0.312. The van der Waals surface area contributed by atoms with Crippen molar-refractivity contribution in [2.24, 2.45) is 0 Å². The highest BCUT2D eigenvalue weighted by molar-refractivity contribution is 5.78. The zero-order chi connectivity index (χ0) is 21.6. The Kier molecular flexibility index (Phi) is 6.73. The van der Waals surface area contributed by atoms with Crippen LogP contribution < -0.4 is 16.4 Å². The molecule has 1 saturated heterocycles. The molecule has 0 bridgehead atoms. The second kappa shape index (κ2) is 9.84. The van der Waals surface area contributed by atoms with E-state index >= 15 is 0 Å². The highest BCUT2D eigenvalue weighted by atomic mass is 16.5. The maximum atomic E-state index is 13.2. The Morgan fingerprint density at radius 1 is 1.16 bits per heavy atom. The quantitative estimate of drug-likeness (QED) is 0.504. The molecule has 1 aliphatic heterocycles. The number of H-pyrrole nitrogens is 1. The zero-order valence-electron chi connectivity index (χ0n) is 17.8. The average molecular weight is 425 g/mol. The van der Waals surface area contributed by atoms with Gasteiger partial charge in [-0.1, -0.05) is 0 Å². The smallest absolute Gasteiger partial charge is 0.293 e. The summed E-state index contributed by atoms with van der Waals surface area (Å²) in [5.41, 5.74) is 2.38. The van der Waals surface area contributed by atoms with Crippen LogP contribution in [0.5, 0.6) is 0 Å².